The standard InChI is InChI=1S/C18H17NO3/c1-13-3-2-4-16(9-13)20-8-7-15(11-19)14-5-6-17-18(10-14)22-12-21-17/h2-6,9-10,15H,7-8,12H2,1H3. The Balaban J connectivity index is 1.62. The molecule has 0 aliphatic carbocycles. The van der Waals surface area contributed by atoms with Gasteiger partial charge in [0.2, 0.25) is 6.79 Å². The smallest absolute Gasteiger partial charge is 0.231 e. The summed E-state index contributed by atoms with van der Waals surface area (Å²) in [5.41, 5.74) is 2.09. The molecule has 0 N–H and O–H groups in total. The molecule has 2 aromatic carbocycles. The van der Waals surface area contributed by atoms with Gasteiger partial charge in [0, 0.05) is 6.42 Å². The van der Waals surface area contributed by atoms with E-state index in [0.29, 0.717) is 18.8 Å². The van der Waals surface area contributed by atoms with E-state index in [2.05, 4.69) is 6.07 Å². The van der Waals surface area contributed by atoms with Gasteiger partial charge in [0.05, 0.1) is 18.6 Å². The van der Waals surface area contributed by atoms with E-state index in [1.54, 1.807) is 0 Å². The molecular weight excluding hydrogens is 278 g/mol. The van der Waals surface area contributed by atoms with Crippen LogP contribution in [0, 0.1) is 18.3 Å². The average molecular weight is 295 g/mol. The van der Waals surface area contributed by atoms with Crippen LogP contribution >= 0.6 is 0 Å². The molecule has 4 nitrogen and oxygen atoms in total. The third-order valence-corrected chi connectivity index (χ3v) is 3.62. The average Bonchev–Trinajstić information content (AvgIpc) is 2.99. The normalized spacial score (nSPS) is 13.5. The van der Waals surface area contributed by atoms with Gasteiger partial charge in [-0.1, -0.05) is 18.2 Å². The molecule has 2 aromatic rings. The second-order valence-corrected chi connectivity index (χ2v) is 5.25. The second kappa shape index (κ2) is 6.40. The van der Waals surface area contributed by atoms with Crippen molar-refractivity contribution in [2.75, 3.05) is 13.4 Å². The highest BCUT2D eigenvalue weighted by Gasteiger charge is 2.17. The van der Waals surface area contributed by atoms with Gasteiger partial charge in [-0.3, -0.25) is 0 Å². The lowest BCUT2D eigenvalue weighted by atomic mass is 9.97. The van der Waals surface area contributed by atoms with Crippen molar-refractivity contribution in [3.05, 3.63) is 53.6 Å². The van der Waals surface area contributed by atoms with E-state index in [9.17, 15) is 5.26 Å². The van der Waals surface area contributed by atoms with E-state index in [1.807, 2.05) is 49.4 Å². The first kappa shape index (κ1) is 14.3. The molecule has 1 aliphatic rings. The summed E-state index contributed by atoms with van der Waals surface area (Å²) >= 11 is 0. The molecule has 0 saturated carbocycles. The van der Waals surface area contributed by atoms with Crippen LogP contribution in [-0.4, -0.2) is 13.4 Å². The molecule has 22 heavy (non-hydrogen) atoms. The molecule has 0 saturated heterocycles. The van der Waals surface area contributed by atoms with Crippen LogP contribution in [0.5, 0.6) is 17.2 Å². The van der Waals surface area contributed by atoms with Crippen LogP contribution < -0.4 is 14.2 Å². The number of hydrogen-bond acceptors (Lipinski definition) is 4. The lowest BCUT2D eigenvalue weighted by Gasteiger charge is -2.11. The van der Waals surface area contributed by atoms with Crippen molar-refractivity contribution in [3.8, 4) is 23.3 Å². The van der Waals surface area contributed by atoms with Crippen molar-refractivity contribution in [3.63, 3.8) is 0 Å². The summed E-state index contributed by atoms with van der Waals surface area (Å²) in [7, 11) is 0. The van der Waals surface area contributed by atoms with Gasteiger partial charge in [-0.15, -0.1) is 0 Å². The summed E-state index contributed by atoms with van der Waals surface area (Å²) in [4.78, 5) is 0. The van der Waals surface area contributed by atoms with Gasteiger partial charge < -0.3 is 14.2 Å². The molecule has 1 aliphatic heterocycles. The molecule has 1 heterocycles. The van der Waals surface area contributed by atoms with Crippen LogP contribution in [0.1, 0.15) is 23.5 Å². The van der Waals surface area contributed by atoms with Gasteiger partial charge in [0.1, 0.15) is 5.75 Å². The van der Waals surface area contributed by atoms with Crippen LogP contribution in [0.25, 0.3) is 0 Å². The quantitative estimate of drug-likeness (QED) is 0.842. The molecule has 1 atom stereocenters. The summed E-state index contributed by atoms with van der Waals surface area (Å²) in [5, 5.41) is 9.39. The van der Waals surface area contributed by atoms with Gasteiger partial charge in [0.25, 0.3) is 0 Å². The monoisotopic (exact) mass is 295 g/mol. The number of nitrogens with zero attached hydrogens (tertiary/aromatic N) is 1. The predicted octanol–water partition coefficient (Wildman–Crippen LogP) is 3.80. The second-order valence-electron chi connectivity index (χ2n) is 5.25. The van der Waals surface area contributed by atoms with Crippen LogP contribution in [-0.2, 0) is 0 Å². The minimum absolute atomic E-state index is 0.223. The summed E-state index contributed by atoms with van der Waals surface area (Å²) in [5.74, 6) is 2.05. The third-order valence-electron chi connectivity index (χ3n) is 3.62. The van der Waals surface area contributed by atoms with E-state index in [-0.39, 0.29) is 12.7 Å². The van der Waals surface area contributed by atoms with E-state index < -0.39 is 0 Å². The Morgan fingerprint density at radius 2 is 2.05 bits per heavy atom. The highest BCUT2D eigenvalue weighted by molar-refractivity contribution is 5.46. The lowest BCUT2D eigenvalue weighted by Crippen LogP contribution is -2.04. The molecular formula is C18H17NO3. The van der Waals surface area contributed by atoms with Gasteiger partial charge in [-0.05, 0) is 42.3 Å². The number of rotatable bonds is 5. The lowest BCUT2D eigenvalue weighted by molar-refractivity contribution is 0.174. The molecule has 0 aromatic heterocycles. The number of aryl methyl sites for hydroxylation is 1. The van der Waals surface area contributed by atoms with Crippen LogP contribution in [0.3, 0.4) is 0 Å². The Morgan fingerprint density at radius 1 is 1.18 bits per heavy atom. The summed E-state index contributed by atoms with van der Waals surface area (Å²) in [6.45, 7) is 2.76. The number of benzene rings is 2. The van der Waals surface area contributed by atoms with E-state index in [1.165, 1.54) is 0 Å². The number of nitriles is 1. The summed E-state index contributed by atoms with van der Waals surface area (Å²) in [6.07, 6.45) is 0.629. The van der Waals surface area contributed by atoms with Gasteiger partial charge >= 0.3 is 0 Å². The first-order valence-corrected chi connectivity index (χ1v) is 7.25. The molecule has 1 unspecified atom stereocenters. The van der Waals surface area contributed by atoms with Crippen molar-refractivity contribution in [2.24, 2.45) is 0 Å². The first-order chi connectivity index (χ1) is 10.8. The summed E-state index contributed by atoms with van der Waals surface area (Å²) in [6, 6.07) is 15.9. The van der Waals surface area contributed by atoms with Crippen molar-refractivity contribution < 1.29 is 14.2 Å². The Kier molecular flexibility index (Phi) is 4.15. The molecule has 0 amide bonds. The predicted molar refractivity (Wildman–Crippen MR) is 82.2 cm³/mol. The molecule has 0 fully saturated rings. The van der Waals surface area contributed by atoms with Crippen LogP contribution in [0.4, 0.5) is 0 Å². The van der Waals surface area contributed by atoms with E-state index in [4.69, 9.17) is 14.2 Å². The number of fused-ring (bicyclic) bond motifs is 1. The highest BCUT2D eigenvalue weighted by Crippen LogP contribution is 2.35. The Morgan fingerprint density at radius 3 is 2.86 bits per heavy atom. The Bertz CT molecular complexity index is 706. The highest BCUT2D eigenvalue weighted by atomic mass is 16.7. The SMILES string of the molecule is Cc1cccc(OCCC(C#N)c2ccc3c(c2)OCO3)c1. The van der Waals surface area contributed by atoms with E-state index in [0.717, 1.165) is 22.6 Å². The zero-order valence-electron chi connectivity index (χ0n) is 12.4. The zero-order valence-corrected chi connectivity index (χ0v) is 12.4. The fraction of sp³-hybridized carbons (Fsp3) is 0.278. The molecule has 0 spiro atoms. The van der Waals surface area contributed by atoms with Gasteiger partial charge in [-0.2, -0.15) is 5.26 Å². The molecule has 3 rings (SSSR count). The van der Waals surface area contributed by atoms with Crippen molar-refractivity contribution >= 4 is 0 Å². The van der Waals surface area contributed by atoms with E-state index >= 15 is 0 Å². The minimum Gasteiger partial charge on any atom is -0.494 e. The fourth-order valence-corrected chi connectivity index (χ4v) is 2.44. The maximum Gasteiger partial charge on any atom is 0.231 e. The molecule has 0 bridgehead atoms. The maximum absolute atomic E-state index is 9.39. The number of hydrogen-bond donors (Lipinski definition) is 0. The number of ether oxygens (including phenoxy) is 3. The summed E-state index contributed by atoms with van der Waals surface area (Å²) < 4.78 is 16.4. The molecule has 4 heteroatoms. The van der Waals surface area contributed by atoms with Gasteiger partial charge in [-0.25, -0.2) is 0 Å². The van der Waals surface area contributed by atoms with Crippen molar-refractivity contribution in [2.45, 2.75) is 19.3 Å². The van der Waals surface area contributed by atoms with Gasteiger partial charge in [0.15, 0.2) is 11.5 Å². The minimum atomic E-state index is -0.223. The first-order valence-electron chi connectivity index (χ1n) is 7.25. The Hall–Kier alpha value is -2.67. The largest absolute Gasteiger partial charge is 0.494 e. The fourth-order valence-electron chi connectivity index (χ4n) is 2.44. The van der Waals surface area contributed by atoms with Crippen LogP contribution in [0.2, 0.25) is 0 Å². The molecule has 112 valence electrons. The maximum atomic E-state index is 9.39. The van der Waals surface area contributed by atoms with Crippen LogP contribution in [0.15, 0.2) is 42.5 Å². The Labute approximate surface area is 129 Å². The third kappa shape index (κ3) is 3.15. The van der Waals surface area contributed by atoms with Crippen molar-refractivity contribution in [1.82, 2.24) is 0 Å². The topological polar surface area (TPSA) is 51.5 Å². The molecule has 0 radical (unpaired) electrons. The zero-order chi connectivity index (χ0) is 15.4. The van der Waals surface area contributed by atoms with Crippen molar-refractivity contribution in [1.29, 1.82) is 5.26 Å².